The molecule has 2 aromatic heterocycles. The summed E-state index contributed by atoms with van der Waals surface area (Å²) in [6, 6.07) is 5.12. The Hall–Kier alpha value is -3.54. The molecule has 1 saturated heterocycles. The van der Waals surface area contributed by atoms with Gasteiger partial charge in [-0.2, -0.15) is 0 Å². The Morgan fingerprint density at radius 3 is 2.51 bits per heavy atom. The molecular formula is C23H22F3N5O3S. The summed E-state index contributed by atoms with van der Waals surface area (Å²) >= 11 is 1.18. The third kappa shape index (κ3) is 6.13. The van der Waals surface area contributed by atoms with Gasteiger partial charge in [-0.25, -0.2) is 9.78 Å². The van der Waals surface area contributed by atoms with Gasteiger partial charge in [-0.15, -0.1) is 13.2 Å². The van der Waals surface area contributed by atoms with Crippen LogP contribution in [-0.4, -0.2) is 51.1 Å². The zero-order valence-corrected chi connectivity index (χ0v) is 19.8. The van der Waals surface area contributed by atoms with Crippen LogP contribution in [0.25, 0.3) is 0 Å². The van der Waals surface area contributed by atoms with E-state index in [4.69, 9.17) is 0 Å². The maximum absolute atomic E-state index is 12.9. The van der Waals surface area contributed by atoms with Crippen LogP contribution in [0.5, 0.6) is 5.75 Å². The number of nitrogens with zero attached hydrogens (tertiary/aromatic N) is 5. The predicted molar refractivity (Wildman–Crippen MR) is 123 cm³/mol. The Bertz CT molecular complexity index is 1210. The van der Waals surface area contributed by atoms with Gasteiger partial charge in [-0.1, -0.05) is 23.5 Å². The van der Waals surface area contributed by atoms with Crippen LogP contribution in [0.15, 0.2) is 36.7 Å². The second-order valence-corrected chi connectivity index (χ2v) is 9.01. The van der Waals surface area contributed by atoms with E-state index in [2.05, 4.69) is 19.7 Å². The highest BCUT2D eigenvalue weighted by Gasteiger charge is 2.33. The number of amides is 2. The lowest BCUT2D eigenvalue weighted by atomic mass is 10.1. The van der Waals surface area contributed by atoms with E-state index < -0.39 is 6.36 Å². The average molecular weight is 506 g/mol. The summed E-state index contributed by atoms with van der Waals surface area (Å²) in [5, 5.41) is 0.447. The number of aryl methyl sites for hydroxylation is 3. The molecule has 4 rings (SSSR count). The molecule has 12 heteroatoms. The predicted octanol–water partition coefficient (Wildman–Crippen LogP) is 4.71. The molecule has 3 heterocycles. The number of rotatable bonds is 8. The number of urea groups is 1. The lowest BCUT2D eigenvalue weighted by molar-refractivity contribution is -0.274. The number of hydrogen-bond acceptors (Lipinski definition) is 7. The van der Waals surface area contributed by atoms with E-state index in [0.29, 0.717) is 40.8 Å². The maximum atomic E-state index is 12.9. The number of aromatic nitrogens is 3. The molecule has 1 aliphatic rings. The molecule has 1 fully saturated rings. The average Bonchev–Trinajstić information content (AvgIpc) is 3.36. The van der Waals surface area contributed by atoms with Crippen molar-refractivity contribution in [2.24, 2.45) is 0 Å². The molecule has 1 aromatic carbocycles. The second kappa shape index (κ2) is 9.98. The molecular weight excluding hydrogens is 483 g/mol. The number of halogens is 3. The lowest BCUT2D eigenvalue weighted by Gasteiger charge is -2.17. The van der Waals surface area contributed by atoms with Gasteiger partial charge in [0.2, 0.25) is 0 Å². The second-order valence-electron chi connectivity index (χ2n) is 8.03. The van der Waals surface area contributed by atoms with Crippen LogP contribution in [0.1, 0.15) is 38.7 Å². The van der Waals surface area contributed by atoms with Gasteiger partial charge in [0, 0.05) is 38.4 Å². The first kappa shape index (κ1) is 24.6. The van der Waals surface area contributed by atoms with Gasteiger partial charge in [0.15, 0.2) is 10.9 Å². The van der Waals surface area contributed by atoms with Crippen molar-refractivity contribution < 1.29 is 27.5 Å². The van der Waals surface area contributed by atoms with Crippen LogP contribution < -0.4 is 9.64 Å². The number of carbonyl (C=O) groups is 2. The first-order valence-electron chi connectivity index (χ1n) is 10.8. The van der Waals surface area contributed by atoms with E-state index in [-0.39, 0.29) is 30.5 Å². The summed E-state index contributed by atoms with van der Waals surface area (Å²) in [6.07, 6.45) is -0.725. The molecule has 184 valence electrons. The highest BCUT2D eigenvalue weighted by atomic mass is 32.1. The number of Topliss-reactive ketones (excluding diaryl/α,β-unsaturated/α-hetero) is 1. The van der Waals surface area contributed by atoms with E-state index >= 15 is 0 Å². The van der Waals surface area contributed by atoms with Crippen molar-refractivity contribution in [1.29, 1.82) is 0 Å². The molecule has 35 heavy (non-hydrogen) atoms. The minimum Gasteiger partial charge on any atom is -0.406 e. The van der Waals surface area contributed by atoms with Gasteiger partial charge in [-0.05, 0) is 38.0 Å². The van der Waals surface area contributed by atoms with Gasteiger partial charge in [0.25, 0.3) is 0 Å². The third-order valence-electron chi connectivity index (χ3n) is 5.34. The van der Waals surface area contributed by atoms with E-state index in [0.717, 1.165) is 11.4 Å². The van der Waals surface area contributed by atoms with E-state index in [1.807, 2.05) is 6.92 Å². The van der Waals surface area contributed by atoms with E-state index in [1.165, 1.54) is 40.5 Å². The minimum atomic E-state index is -4.76. The number of thiazole rings is 1. The van der Waals surface area contributed by atoms with Crippen LogP contribution in [0.2, 0.25) is 0 Å². The number of alkyl halides is 3. The summed E-state index contributed by atoms with van der Waals surface area (Å²) in [5.41, 5.74) is 2.77. The fourth-order valence-corrected chi connectivity index (χ4v) is 4.64. The van der Waals surface area contributed by atoms with E-state index in [9.17, 15) is 22.8 Å². The Balaban J connectivity index is 1.37. The number of benzene rings is 1. The van der Waals surface area contributed by atoms with Crippen LogP contribution >= 0.6 is 11.3 Å². The minimum absolute atomic E-state index is 0.0710. The summed E-state index contributed by atoms with van der Waals surface area (Å²) in [4.78, 5) is 42.2. The topological polar surface area (TPSA) is 88.5 Å². The summed E-state index contributed by atoms with van der Waals surface area (Å²) in [7, 11) is 0. The molecule has 0 saturated carbocycles. The first-order valence-corrected chi connectivity index (χ1v) is 11.6. The Morgan fingerprint density at radius 1 is 1.11 bits per heavy atom. The van der Waals surface area contributed by atoms with Crippen LogP contribution in [0.3, 0.4) is 0 Å². The van der Waals surface area contributed by atoms with Crippen molar-refractivity contribution in [3.05, 3.63) is 64.2 Å². The fourth-order valence-electron chi connectivity index (χ4n) is 3.58. The van der Waals surface area contributed by atoms with Gasteiger partial charge >= 0.3 is 12.4 Å². The summed E-state index contributed by atoms with van der Waals surface area (Å²) in [6.45, 7) is 4.63. The number of hydrogen-bond donors (Lipinski definition) is 0. The maximum Gasteiger partial charge on any atom is 0.573 e. The summed E-state index contributed by atoms with van der Waals surface area (Å²) < 4.78 is 40.9. The molecule has 8 nitrogen and oxygen atoms in total. The van der Waals surface area contributed by atoms with Gasteiger partial charge in [0.1, 0.15) is 5.75 Å². The van der Waals surface area contributed by atoms with Crippen molar-refractivity contribution in [2.45, 2.75) is 39.6 Å². The van der Waals surface area contributed by atoms with Crippen molar-refractivity contribution in [2.75, 3.05) is 18.0 Å². The van der Waals surface area contributed by atoms with Crippen LogP contribution in [-0.2, 0) is 13.0 Å². The van der Waals surface area contributed by atoms with Gasteiger partial charge in [0.05, 0.1) is 22.0 Å². The molecule has 0 unspecified atom stereocenters. The molecule has 0 bridgehead atoms. The van der Waals surface area contributed by atoms with Gasteiger partial charge < -0.3 is 9.64 Å². The van der Waals surface area contributed by atoms with Crippen molar-refractivity contribution in [3.8, 4) is 5.75 Å². The van der Waals surface area contributed by atoms with Crippen molar-refractivity contribution in [3.63, 3.8) is 0 Å². The van der Waals surface area contributed by atoms with Crippen LogP contribution in [0.4, 0.5) is 23.1 Å². The molecule has 0 atom stereocenters. The molecule has 0 spiro atoms. The highest BCUT2D eigenvalue weighted by molar-refractivity contribution is 7.17. The third-order valence-corrected chi connectivity index (χ3v) is 6.56. The molecule has 2 amide bonds. The van der Waals surface area contributed by atoms with E-state index in [1.54, 1.807) is 24.2 Å². The quantitative estimate of drug-likeness (QED) is 0.412. The highest BCUT2D eigenvalue weighted by Crippen LogP contribution is 2.30. The summed E-state index contributed by atoms with van der Waals surface area (Å²) in [5.74, 6) is -0.390. The molecule has 0 radical (unpaired) electrons. The normalized spacial score (nSPS) is 14.0. The number of anilines is 1. The van der Waals surface area contributed by atoms with Gasteiger partial charge in [-0.3, -0.25) is 19.7 Å². The number of ether oxygens (including phenoxy) is 1. The van der Waals surface area contributed by atoms with Crippen molar-refractivity contribution in [1.82, 2.24) is 19.9 Å². The molecule has 0 N–H and O–H groups in total. The first-order chi connectivity index (χ1) is 16.6. The lowest BCUT2D eigenvalue weighted by Crippen LogP contribution is -2.31. The molecule has 1 aliphatic heterocycles. The molecule has 3 aromatic rings. The largest absolute Gasteiger partial charge is 0.573 e. The smallest absolute Gasteiger partial charge is 0.406 e. The van der Waals surface area contributed by atoms with Crippen LogP contribution in [0, 0.1) is 13.8 Å². The monoisotopic (exact) mass is 505 g/mol. The Morgan fingerprint density at radius 2 is 1.86 bits per heavy atom. The molecule has 0 aliphatic carbocycles. The SMILES string of the molecule is Cc1cnc(CCC(=O)c2sc(N3CCN(Cc4ccc(OC(F)(F)F)cc4)C3=O)nc2C)cn1. The Kier molecular flexibility index (Phi) is 7.01. The zero-order chi connectivity index (χ0) is 25.2. The fraction of sp³-hybridized carbons (Fsp3) is 0.348. The van der Waals surface area contributed by atoms with Crippen molar-refractivity contribution >= 4 is 28.3 Å². The number of ketones is 1. The number of carbonyl (C=O) groups excluding carboxylic acids is 2. The zero-order valence-electron chi connectivity index (χ0n) is 19.0. The Labute approximate surface area is 203 Å². The standard InChI is InChI=1S/C23H22F3N5O3S/c1-14-11-28-17(12-27-14)5-8-19(32)20-15(2)29-21(35-20)31-10-9-30(22(31)33)13-16-3-6-18(7-4-16)34-23(24,25)26/h3-4,6-7,11-12H,5,8-10,13H2,1-2H3.